The van der Waals surface area contributed by atoms with Crippen molar-refractivity contribution in [1.29, 1.82) is 0 Å². The van der Waals surface area contributed by atoms with Crippen molar-refractivity contribution >= 4 is 66.5 Å². The van der Waals surface area contributed by atoms with Crippen LogP contribution in [-0.4, -0.2) is 9.55 Å². The molecule has 1 aliphatic heterocycles. The normalized spacial score (nSPS) is 12.9. The number of hydrogen-bond donors (Lipinski definition) is 0. The Labute approximate surface area is 341 Å². The van der Waals surface area contributed by atoms with Crippen LogP contribution in [0, 0.1) is 39.6 Å². The van der Waals surface area contributed by atoms with Crippen molar-refractivity contribution in [3.8, 4) is 17.3 Å². The van der Waals surface area contributed by atoms with E-state index in [2.05, 4.69) is 160 Å². The quantitative estimate of drug-likeness (QED) is 0.161. The van der Waals surface area contributed by atoms with Crippen LogP contribution < -0.4 is 14.5 Å². The van der Waals surface area contributed by atoms with Gasteiger partial charge in [0, 0.05) is 66.9 Å². The van der Waals surface area contributed by atoms with Crippen molar-refractivity contribution in [2.45, 2.75) is 47.0 Å². The first-order valence-electron chi connectivity index (χ1n) is 18.7. The van der Waals surface area contributed by atoms with E-state index >= 15 is 0 Å². The third kappa shape index (κ3) is 5.69. The topological polar surface area (TPSA) is 46.7 Å². The van der Waals surface area contributed by atoms with Crippen molar-refractivity contribution in [2.75, 3.05) is 9.80 Å². The van der Waals surface area contributed by atoms with Crippen LogP contribution in [0.2, 0.25) is 0 Å². The van der Waals surface area contributed by atoms with Gasteiger partial charge < -0.3 is 23.5 Å². The van der Waals surface area contributed by atoms with Gasteiger partial charge in [-0.3, -0.25) is 0 Å². The molecular weight excluding hydrogens is 872 g/mol. The van der Waals surface area contributed by atoms with Crippen LogP contribution in [0.1, 0.15) is 43.0 Å². The maximum absolute atomic E-state index is 6.92. The monoisotopic (exact) mass is 910 g/mol. The summed E-state index contributed by atoms with van der Waals surface area (Å²) < 4.78 is 15.8. The van der Waals surface area contributed by atoms with Crippen LogP contribution >= 0.6 is 0 Å². The molecule has 4 heterocycles. The number of benzene rings is 6. The summed E-state index contributed by atoms with van der Waals surface area (Å²) in [7, 11) is 0. The van der Waals surface area contributed by atoms with Gasteiger partial charge in [0.15, 0.2) is 0 Å². The van der Waals surface area contributed by atoms with Crippen molar-refractivity contribution in [3.63, 3.8) is 0 Å². The minimum absolute atomic E-state index is 0. The fraction of sp³-hybridized carbons (Fsp3) is 0.143. The van der Waals surface area contributed by atoms with E-state index in [1.54, 1.807) is 0 Å². The van der Waals surface area contributed by atoms with E-state index < -0.39 is 0 Å². The van der Waals surface area contributed by atoms with E-state index in [1.807, 2.05) is 36.5 Å². The summed E-state index contributed by atoms with van der Waals surface area (Å²) in [6.45, 7) is 15.3. The fourth-order valence-corrected chi connectivity index (χ4v) is 8.31. The zero-order chi connectivity index (χ0) is 37.6. The molecule has 6 nitrogen and oxygen atoms in total. The number of nitrogens with zero attached hydrogens (tertiary/aromatic N) is 4. The van der Waals surface area contributed by atoms with Gasteiger partial charge in [0.25, 0.3) is 0 Å². The van der Waals surface area contributed by atoms with Gasteiger partial charge in [0.2, 0.25) is 0 Å². The van der Waals surface area contributed by atoms with Crippen molar-refractivity contribution in [1.82, 2.24) is 9.55 Å². The number of ether oxygens (including phenoxy) is 1. The molecule has 1 aliphatic rings. The van der Waals surface area contributed by atoms with Crippen LogP contribution in [0.25, 0.3) is 49.6 Å². The summed E-state index contributed by atoms with van der Waals surface area (Å²) in [6, 6.07) is 47.2. The van der Waals surface area contributed by atoms with Crippen LogP contribution in [0.15, 0.2) is 126 Å². The first kappa shape index (κ1) is 35.8. The third-order valence-corrected chi connectivity index (χ3v) is 10.7. The number of pyridine rings is 1. The number of fused-ring (bicyclic) bond motifs is 8. The number of aromatic nitrogens is 2. The Bertz CT molecular complexity index is 2970. The van der Waals surface area contributed by atoms with Crippen molar-refractivity contribution in [2.24, 2.45) is 0 Å². The maximum Gasteiger partial charge on any atom is 0.135 e. The summed E-state index contributed by atoms with van der Waals surface area (Å²) in [6.07, 6.45) is 1.89. The molecule has 0 spiro atoms. The van der Waals surface area contributed by atoms with Gasteiger partial charge >= 0.3 is 0 Å². The second kappa shape index (κ2) is 13.4. The van der Waals surface area contributed by atoms with Crippen LogP contribution in [-0.2, 0) is 26.5 Å². The van der Waals surface area contributed by atoms with E-state index in [1.165, 1.54) is 27.9 Å². The summed E-state index contributed by atoms with van der Waals surface area (Å²) in [5.41, 5.74) is 12.5. The summed E-state index contributed by atoms with van der Waals surface area (Å²) in [5.74, 6) is 1.95. The molecule has 0 unspecified atom stereocenters. The van der Waals surface area contributed by atoms with E-state index in [9.17, 15) is 0 Å². The van der Waals surface area contributed by atoms with E-state index in [0.717, 1.165) is 66.6 Å². The van der Waals surface area contributed by atoms with Gasteiger partial charge in [-0.15, -0.1) is 36.6 Å². The molecule has 0 saturated carbocycles. The van der Waals surface area contributed by atoms with E-state index in [4.69, 9.17) is 14.1 Å². The molecule has 3 aromatic heterocycles. The molecule has 0 aliphatic carbocycles. The summed E-state index contributed by atoms with van der Waals surface area (Å²) >= 11 is 0. The van der Waals surface area contributed by atoms with Gasteiger partial charge in [0.1, 0.15) is 11.4 Å². The first-order valence-corrected chi connectivity index (χ1v) is 18.7. The Kier molecular flexibility index (Phi) is 8.59. The number of anilines is 4. The Balaban J connectivity index is 0.00000410. The number of rotatable bonds is 5. The van der Waals surface area contributed by atoms with Crippen molar-refractivity contribution < 1.29 is 30.2 Å². The Morgan fingerprint density at radius 1 is 0.714 bits per heavy atom. The zero-order valence-corrected chi connectivity index (χ0v) is 34.3. The molecule has 10 rings (SSSR count). The third-order valence-electron chi connectivity index (χ3n) is 10.7. The average molecular weight is 911 g/mol. The molecule has 0 fully saturated rings. The molecular formula is C49H39N4O2Pt-3. The minimum atomic E-state index is -0.0522. The first-order chi connectivity index (χ1) is 26.6. The molecule has 0 atom stereocenters. The van der Waals surface area contributed by atoms with Gasteiger partial charge in [-0.05, 0) is 95.4 Å². The summed E-state index contributed by atoms with van der Waals surface area (Å²) in [4.78, 5) is 9.37. The fourth-order valence-electron chi connectivity index (χ4n) is 8.31. The molecule has 0 N–H and O–H groups in total. The molecule has 0 amide bonds. The Hall–Kier alpha value is -5.84. The number of furan rings is 1. The van der Waals surface area contributed by atoms with Crippen LogP contribution in [0.4, 0.5) is 22.7 Å². The standard InChI is InChI=1S/C49H39N4O2.Pt/c1-30-24-31(2)47(32(3)25-30)52-29-51(39-19-10-11-20-40(39)52)34-14-13-15-35(27-34)54-43-28-41-45(48-46(43)37-17-8-12-21-42(37)55-48)36-16-7-9-18-38(36)53(41)44-26-33(22-23-50-44)49(4,5)6;/h7-26,29H,1-6H3;/q-3;. The molecule has 0 bridgehead atoms. The molecule has 6 aromatic carbocycles. The number of para-hydroxylation sites is 4. The number of aryl methyl sites for hydroxylation is 3. The van der Waals surface area contributed by atoms with Gasteiger partial charge in [-0.25, -0.2) is 4.98 Å². The van der Waals surface area contributed by atoms with E-state index in [-0.39, 0.29) is 26.5 Å². The van der Waals surface area contributed by atoms with Crippen molar-refractivity contribution in [3.05, 3.63) is 163 Å². The molecule has 0 radical (unpaired) electrons. The number of hydrogen-bond acceptors (Lipinski definition) is 5. The van der Waals surface area contributed by atoms with Gasteiger partial charge in [-0.1, -0.05) is 97.9 Å². The maximum atomic E-state index is 6.92. The smallest absolute Gasteiger partial charge is 0.135 e. The molecule has 280 valence electrons. The Morgan fingerprint density at radius 3 is 2.18 bits per heavy atom. The van der Waals surface area contributed by atoms with E-state index in [0.29, 0.717) is 11.5 Å². The van der Waals surface area contributed by atoms with Crippen LogP contribution in [0.3, 0.4) is 0 Å². The Morgan fingerprint density at radius 2 is 1.41 bits per heavy atom. The summed E-state index contributed by atoms with van der Waals surface area (Å²) in [5, 5.41) is 3.87. The molecule has 7 heteroatoms. The average Bonchev–Trinajstić information content (AvgIpc) is 3.85. The van der Waals surface area contributed by atoms with Gasteiger partial charge in [0.05, 0.1) is 0 Å². The molecule has 9 aromatic rings. The second-order valence-electron chi connectivity index (χ2n) is 15.6. The molecule has 0 saturated heterocycles. The second-order valence-corrected chi connectivity index (χ2v) is 15.6. The predicted octanol–water partition coefficient (Wildman–Crippen LogP) is 13.1. The predicted molar refractivity (Wildman–Crippen MR) is 224 cm³/mol. The molecule has 56 heavy (non-hydrogen) atoms. The SMILES string of the molecule is Cc1cc(C)c(N2[CH-]N(c3[c-]c(Oc4[c-]c5c(c6ccccc6n5-c5cc(C(C)(C)C)ccn5)c5oc6ccccc6c45)ccc3)c3ccccc32)c(C)c1.[Pt]. The largest absolute Gasteiger partial charge is 0.508 e. The zero-order valence-electron chi connectivity index (χ0n) is 32.0. The van der Waals surface area contributed by atoms with Crippen LogP contribution in [0.5, 0.6) is 11.5 Å². The van der Waals surface area contributed by atoms with Gasteiger partial charge in [-0.2, -0.15) is 6.07 Å². The minimum Gasteiger partial charge on any atom is -0.508 e.